The van der Waals surface area contributed by atoms with Crippen molar-refractivity contribution in [2.45, 2.75) is 19.6 Å². The molecule has 1 aliphatic heterocycles. The number of hydroxylamine groups is 1. The van der Waals surface area contributed by atoms with Crippen molar-refractivity contribution in [3.05, 3.63) is 18.2 Å². The van der Waals surface area contributed by atoms with Gasteiger partial charge in [0.05, 0.1) is 0 Å². The van der Waals surface area contributed by atoms with Crippen molar-refractivity contribution >= 4 is 11.4 Å². The zero-order valence-electron chi connectivity index (χ0n) is 7.61. The van der Waals surface area contributed by atoms with Crippen LogP contribution in [0.5, 0.6) is 5.75 Å². The van der Waals surface area contributed by atoms with Gasteiger partial charge in [-0.15, -0.1) is 0 Å². The number of fused-ring (bicyclic) bond motifs is 1. The summed E-state index contributed by atoms with van der Waals surface area (Å²) >= 11 is 0. The van der Waals surface area contributed by atoms with E-state index in [4.69, 9.17) is 10.5 Å². The van der Waals surface area contributed by atoms with E-state index in [1.807, 2.05) is 0 Å². The second-order valence-electron chi connectivity index (χ2n) is 3.59. The van der Waals surface area contributed by atoms with Crippen LogP contribution in [-0.4, -0.2) is 10.9 Å². The normalized spacial score (nSPS) is 18.2. The zero-order chi connectivity index (χ0) is 9.64. The highest BCUT2D eigenvalue weighted by atomic mass is 16.6. The van der Waals surface area contributed by atoms with Crippen LogP contribution in [0.4, 0.5) is 11.4 Å². The minimum absolute atomic E-state index is 0.610. The Morgan fingerprint density at radius 1 is 1.46 bits per heavy atom. The molecule has 0 fully saturated rings. The first kappa shape index (κ1) is 8.19. The number of hydrogen-bond acceptors (Lipinski definition) is 4. The predicted octanol–water partition coefficient (Wildman–Crippen LogP) is 1.59. The molecule has 1 aromatic rings. The molecular formula is C9H12N2O2. The van der Waals surface area contributed by atoms with E-state index in [9.17, 15) is 5.21 Å². The van der Waals surface area contributed by atoms with Gasteiger partial charge in [0, 0.05) is 5.69 Å². The lowest BCUT2D eigenvalue weighted by molar-refractivity contribution is 0.0410. The van der Waals surface area contributed by atoms with E-state index in [1.54, 1.807) is 32.0 Å². The first-order chi connectivity index (χ1) is 6.00. The van der Waals surface area contributed by atoms with Gasteiger partial charge in [0.2, 0.25) is 0 Å². The van der Waals surface area contributed by atoms with Gasteiger partial charge in [0.15, 0.2) is 5.72 Å². The molecule has 1 aromatic carbocycles. The summed E-state index contributed by atoms with van der Waals surface area (Å²) in [5.74, 6) is 0.654. The number of benzene rings is 1. The molecular weight excluding hydrogens is 168 g/mol. The summed E-state index contributed by atoms with van der Waals surface area (Å²) in [6.45, 7) is 3.56. The van der Waals surface area contributed by atoms with Gasteiger partial charge >= 0.3 is 0 Å². The monoisotopic (exact) mass is 180 g/mol. The summed E-state index contributed by atoms with van der Waals surface area (Å²) in [5, 5.41) is 10.8. The summed E-state index contributed by atoms with van der Waals surface area (Å²) in [7, 11) is 0. The summed E-state index contributed by atoms with van der Waals surface area (Å²) in [4.78, 5) is 0. The average molecular weight is 180 g/mol. The molecule has 2 rings (SSSR count). The van der Waals surface area contributed by atoms with E-state index in [2.05, 4.69) is 0 Å². The van der Waals surface area contributed by atoms with Gasteiger partial charge in [-0.1, -0.05) is 0 Å². The molecule has 0 aromatic heterocycles. The molecule has 0 bridgehead atoms. The van der Waals surface area contributed by atoms with E-state index < -0.39 is 5.72 Å². The van der Waals surface area contributed by atoms with Crippen LogP contribution < -0.4 is 15.5 Å². The number of nitrogen functional groups attached to an aromatic ring is 1. The lowest BCUT2D eigenvalue weighted by atomic mass is 10.2. The maximum atomic E-state index is 9.69. The zero-order valence-corrected chi connectivity index (χ0v) is 7.61. The van der Waals surface area contributed by atoms with Gasteiger partial charge < -0.3 is 10.5 Å². The Morgan fingerprint density at radius 2 is 2.15 bits per heavy atom. The van der Waals surface area contributed by atoms with E-state index in [1.165, 1.54) is 0 Å². The third-order valence-corrected chi connectivity index (χ3v) is 2.08. The van der Waals surface area contributed by atoms with Crippen molar-refractivity contribution in [1.29, 1.82) is 0 Å². The van der Waals surface area contributed by atoms with Crippen LogP contribution in [0.15, 0.2) is 18.2 Å². The Kier molecular flexibility index (Phi) is 1.44. The molecule has 0 saturated heterocycles. The molecule has 0 radical (unpaired) electrons. The number of ether oxygens (including phenoxy) is 1. The van der Waals surface area contributed by atoms with Crippen LogP contribution in [0.1, 0.15) is 13.8 Å². The fourth-order valence-corrected chi connectivity index (χ4v) is 1.39. The first-order valence-corrected chi connectivity index (χ1v) is 4.08. The third-order valence-electron chi connectivity index (χ3n) is 2.08. The Hall–Kier alpha value is -1.42. The van der Waals surface area contributed by atoms with E-state index >= 15 is 0 Å². The Morgan fingerprint density at radius 3 is 2.85 bits per heavy atom. The lowest BCUT2D eigenvalue weighted by Crippen LogP contribution is -2.41. The molecule has 3 N–H and O–H groups in total. The average Bonchev–Trinajstić information content (AvgIpc) is 2.26. The summed E-state index contributed by atoms with van der Waals surface area (Å²) in [6.07, 6.45) is 0. The van der Waals surface area contributed by atoms with Gasteiger partial charge in [-0.25, -0.2) is 5.06 Å². The molecule has 70 valence electrons. The Balaban J connectivity index is 2.51. The van der Waals surface area contributed by atoms with E-state index in [-0.39, 0.29) is 0 Å². The molecule has 0 saturated carbocycles. The lowest BCUT2D eigenvalue weighted by Gasteiger charge is -2.25. The molecule has 0 spiro atoms. The molecule has 4 heteroatoms. The third kappa shape index (κ3) is 1.10. The molecule has 4 nitrogen and oxygen atoms in total. The topological polar surface area (TPSA) is 58.7 Å². The fraction of sp³-hybridized carbons (Fsp3) is 0.333. The van der Waals surface area contributed by atoms with Gasteiger partial charge in [0.1, 0.15) is 11.4 Å². The second-order valence-corrected chi connectivity index (χ2v) is 3.59. The molecule has 0 unspecified atom stereocenters. The molecule has 1 heterocycles. The number of nitrogens with zero attached hydrogens (tertiary/aromatic N) is 1. The van der Waals surface area contributed by atoms with Crippen molar-refractivity contribution in [2.75, 3.05) is 10.8 Å². The van der Waals surface area contributed by atoms with Crippen LogP contribution in [0, 0.1) is 0 Å². The summed E-state index contributed by atoms with van der Waals surface area (Å²) in [6, 6.07) is 5.18. The van der Waals surface area contributed by atoms with Crippen molar-refractivity contribution in [1.82, 2.24) is 0 Å². The SMILES string of the molecule is CC1(C)Oc2ccc(N)cc2N1O. The van der Waals surface area contributed by atoms with Crippen molar-refractivity contribution in [3.63, 3.8) is 0 Å². The maximum Gasteiger partial charge on any atom is 0.200 e. The largest absolute Gasteiger partial charge is 0.464 e. The molecule has 13 heavy (non-hydrogen) atoms. The van der Waals surface area contributed by atoms with Crippen LogP contribution in [0.3, 0.4) is 0 Å². The minimum atomic E-state index is -0.712. The number of hydrogen-bond donors (Lipinski definition) is 2. The molecule has 1 aliphatic rings. The smallest absolute Gasteiger partial charge is 0.200 e. The number of nitrogens with two attached hydrogens (primary N) is 1. The van der Waals surface area contributed by atoms with Crippen molar-refractivity contribution in [2.24, 2.45) is 0 Å². The highest BCUT2D eigenvalue weighted by Crippen LogP contribution is 2.41. The second kappa shape index (κ2) is 2.29. The Labute approximate surface area is 76.5 Å². The van der Waals surface area contributed by atoms with Crippen molar-refractivity contribution < 1.29 is 9.94 Å². The van der Waals surface area contributed by atoms with E-state index in [0.717, 1.165) is 5.06 Å². The quantitative estimate of drug-likeness (QED) is 0.595. The van der Waals surface area contributed by atoms with Crippen LogP contribution in [0.2, 0.25) is 0 Å². The van der Waals surface area contributed by atoms with Gasteiger partial charge in [0.25, 0.3) is 0 Å². The Bertz CT molecular complexity index is 349. The van der Waals surface area contributed by atoms with E-state index in [0.29, 0.717) is 17.1 Å². The van der Waals surface area contributed by atoms with Crippen LogP contribution in [0.25, 0.3) is 0 Å². The minimum Gasteiger partial charge on any atom is -0.464 e. The molecule has 0 amide bonds. The summed E-state index contributed by atoms with van der Waals surface area (Å²) < 4.78 is 5.48. The maximum absolute atomic E-state index is 9.69. The standard InChI is InChI=1S/C9H12N2O2/c1-9(2)11(12)7-5-6(10)3-4-8(7)13-9/h3-5,12H,10H2,1-2H3. The predicted molar refractivity (Wildman–Crippen MR) is 49.8 cm³/mol. The van der Waals surface area contributed by atoms with Gasteiger partial charge in [-0.2, -0.15) is 0 Å². The highest BCUT2D eigenvalue weighted by molar-refractivity contribution is 5.67. The highest BCUT2D eigenvalue weighted by Gasteiger charge is 2.37. The van der Waals surface area contributed by atoms with Gasteiger partial charge in [-0.05, 0) is 32.0 Å². The molecule has 0 aliphatic carbocycles. The first-order valence-electron chi connectivity index (χ1n) is 4.08. The van der Waals surface area contributed by atoms with Crippen LogP contribution >= 0.6 is 0 Å². The fourth-order valence-electron chi connectivity index (χ4n) is 1.39. The number of rotatable bonds is 0. The van der Waals surface area contributed by atoms with Crippen LogP contribution in [-0.2, 0) is 0 Å². The molecule has 0 atom stereocenters. The van der Waals surface area contributed by atoms with Crippen molar-refractivity contribution in [3.8, 4) is 5.75 Å². The number of anilines is 2. The van der Waals surface area contributed by atoms with Gasteiger partial charge in [-0.3, -0.25) is 5.21 Å². The summed E-state index contributed by atoms with van der Waals surface area (Å²) in [5.41, 5.74) is 6.10.